The van der Waals surface area contributed by atoms with Gasteiger partial charge < -0.3 is 5.32 Å². The number of amides is 2. The van der Waals surface area contributed by atoms with E-state index in [0.717, 1.165) is 40.9 Å². The molecular weight excluding hydrogens is 508 g/mol. The first-order chi connectivity index (χ1) is 17.7. The Hall–Kier alpha value is -3.36. The molecule has 2 amide bonds. The van der Waals surface area contributed by atoms with Crippen molar-refractivity contribution in [2.45, 2.75) is 51.0 Å². The standard InChI is InChI=1S/C28H31ClN4O3S/c1-4-5-16-30-28(34)32-37(35,36)24-13-11-23(12-14-24)33-27(21-7-9-22(29)10-8-21)18-26(31-33)25-15-6-19(2)17-20(25)3/h6-15,17,27H,4-5,16,18H2,1-3H3,(H2,30,32,34). The second-order valence-electron chi connectivity index (χ2n) is 9.19. The molecule has 0 radical (unpaired) electrons. The van der Waals surface area contributed by atoms with Crippen LogP contribution in [0.1, 0.15) is 54.5 Å². The molecule has 9 heteroatoms. The fraction of sp³-hybridized carbons (Fsp3) is 0.286. The first-order valence-electron chi connectivity index (χ1n) is 12.3. The van der Waals surface area contributed by atoms with E-state index in [-0.39, 0.29) is 10.9 Å². The van der Waals surface area contributed by atoms with Crippen LogP contribution in [-0.4, -0.2) is 26.7 Å². The molecule has 7 nitrogen and oxygen atoms in total. The summed E-state index contributed by atoms with van der Waals surface area (Å²) in [4.78, 5) is 12.0. The van der Waals surface area contributed by atoms with Crippen LogP contribution in [0.2, 0.25) is 5.02 Å². The molecule has 0 saturated heterocycles. The average Bonchev–Trinajstić information content (AvgIpc) is 3.29. The quantitative estimate of drug-likeness (QED) is 0.339. The van der Waals surface area contributed by atoms with Crippen molar-refractivity contribution >= 4 is 39.1 Å². The fourth-order valence-electron chi connectivity index (χ4n) is 4.37. The predicted molar refractivity (Wildman–Crippen MR) is 149 cm³/mol. The summed E-state index contributed by atoms with van der Waals surface area (Å²) in [5.41, 5.74) is 6.18. The minimum absolute atomic E-state index is 0.00251. The minimum Gasteiger partial charge on any atom is -0.337 e. The van der Waals surface area contributed by atoms with E-state index in [1.54, 1.807) is 12.1 Å². The molecule has 3 aromatic rings. The van der Waals surface area contributed by atoms with Crippen LogP contribution in [0, 0.1) is 13.8 Å². The van der Waals surface area contributed by atoms with Crippen molar-refractivity contribution in [2.75, 3.05) is 11.6 Å². The lowest BCUT2D eigenvalue weighted by Crippen LogP contribution is -2.39. The summed E-state index contributed by atoms with van der Waals surface area (Å²) in [5.74, 6) is 0. The van der Waals surface area contributed by atoms with Crippen molar-refractivity contribution in [3.63, 3.8) is 0 Å². The maximum atomic E-state index is 12.7. The summed E-state index contributed by atoms with van der Waals surface area (Å²) in [6.07, 6.45) is 2.36. The van der Waals surface area contributed by atoms with E-state index in [1.165, 1.54) is 17.7 Å². The number of carbonyl (C=O) groups excluding carboxylic acids is 1. The molecule has 1 unspecified atom stereocenters. The van der Waals surface area contributed by atoms with Crippen LogP contribution in [0.15, 0.2) is 76.7 Å². The summed E-state index contributed by atoms with van der Waals surface area (Å²) in [6.45, 7) is 6.55. The van der Waals surface area contributed by atoms with Crippen LogP contribution >= 0.6 is 11.6 Å². The molecule has 0 aliphatic carbocycles. The zero-order valence-electron chi connectivity index (χ0n) is 21.2. The molecule has 0 fully saturated rings. The molecule has 3 aromatic carbocycles. The highest BCUT2D eigenvalue weighted by Crippen LogP contribution is 2.38. The van der Waals surface area contributed by atoms with E-state index in [9.17, 15) is 13.2 Å². The molecule has 2 N–H and O–H groups in total. The molecule has 0 aromatic heterocycles. The van der Waals surface area contributed by atoms with E-state index >= 15 is 0 Å². The van der Waals surface area contributed by atoms with Gasteiger partial charge in [-0.25, -0.2) is 17.9 Å². The van der Waals surface area contributed by atoms with Crippen molar-refractivity contribution in [3.8, 4) is 0 Å². The number of benzene rings is 3. The number of sulfonamides is 1. The zero-order valence-corrected chi connectivity index (χ0v) is 22.7. The fourth-order valence-corrected chi connectivity index (χ4v) is 5.42. The largest absolute Gasteiger partial charge is 0.337 e. The normalized spacial score (nSPS) is 15.4. The highest BCUT2D eigenvalue weighted by atomic mass is 35.5. The monoisotopic (exact) mass is 538 g/mol. The van der Waals surface area contributed by atoms with Crippen LogP contribution in [-0.2, 0) is 10.0 Å². The third-order valence-electron chi connectivity index (χ3n) is 6.31. The van der Waals surface area contributed by atoms with Gasteiger partial charge in [-0.3, -0.25) is 5.01 Å². The molecule has 1 aliphatic heterocycles. The van der Waals surface area contributed by atoms with Crippen molar-refractivity contribution in [3.05, 3.63) is 94.0 Å². The Morgan fingerprint density at radius 1 is 1.05 bits per heavy atom. The number of hydrazone groups is 1. The smallest absolute Gasteiger partial charge is 0.328 e. The molecule has 1 atom stereocenters. The topological polar surface area (TPSA) is 90.9 Å². The van der Waals surface area contributed by atoms with Crippen molar-refractivity contribution < 1.29 is 13.2 Å². The molecule has 1 heterocycles. The van der Waals surface area contributed by atoms with Gasteiger partial charge in [0.15, 0.2) is 0 Å². The van der Waals surface area contributed by atoms with Gasteiger partial charge in [-0.05, 0) is 67.8 Å². The number of anilines is 1. The highest BCUT2D eigenvalue weighted by molar-refractivity contribution is 7.90. The van der Waals surface area contributed by atoms with Crippen LogP contribution in [0.25, 0.3) is 0 Å². The second kappa shape index (κ2) is 11.4. The van der Waals surface area contributed by atoms with Gasteiger partial charge in [0.25, 0.3) is 10.0 Å². The lowest BCUT2D eigenvalue weighted by molar-refractivity contribution is 0.245. The summed E-state index contributed by atoms with van der Waals surface area (Å²) in [5, 5.41) is 10.1. The van der Waals surface area contributed by atoms with Gasteiger partial charge in [-0.15, -0.1) is 0 Å². The van der Waals surface area contributed by atoms with Crippen molar-refractivity contribution in [1.29, 1.82) is 0 Å². The third kappa shape index (κ3) is 6.32. The van der Waals surface area contributed by atoms with Gasteiger partial charge in [-0.1, -0.05) is 60.8 Å². The molecular formula is C28H31ClN4O3S. The number of hydrogen-bond donors (Lipinski definition) is 2. The first-order valence-corrected chi connectivity index (χ1v) is 14.1. The summed E-state index contributed by atoms with van der Waals surface area (Å²) < 4.78 is 27.5. The summed E-state index contributed by atoms with van der Waals surface area (Å²) >= 11 is 6.13. The number of nitrogens with zero attached hydrogens (tertiary/aromatic N) is 2. The molecule has 0 bridgehead atoms. The van der Waals surface area contributed by atoms with E-state index in [1.807, 2.05) is 36.2 Å². The zero-order chi connectivity index (χ0) is 26.6. The number of carbonyl (C=O) groups is 1. The number of aryl methyl sites for hydroxylation is 2. The summed E-state index contributed by atoms with van der Waals surface area (Å²) in [7, 11) is -4.00. The lowest BCUT2D eigenvalue weighted by Gasteiger charge is -2.24. The third-order valence-corrected chi connectivity index (χ3v) is 7.91. The lowest BCUT2D eigenvalue weighted by atomic mass is 9.95. The second-order valence-corrected chi connectivity index (χ2v) is 11.3. The Morgan fingerprint density at radius 2 is 1.76 bits per heavy atom. The van der Waals surface area contributed by atoms with Gasteiger partial charge in [0.05, 0.1) is 22.3 Å². The average molecular weight is 539 g/mol. The summed E-state index contributed by atoms with van der Waals surface area (Å²) in [6, 6.07) is 19.6. The van der Waals surface area contributed by atoms with Crippen LogP contribution < -0.4 is 15.0 Å². The highest BCUT2D eigenvalue weighted by Gasteiger charge is 2.31. The molecule has 1 aliphatic rings. The van der Waals surface area contributed by atoms with E-state index in [2.05, 4.69) is 42.1 Å². The van der Waals surface area contributed by atoms with Crippen LogP contribution in [0.4, 0.5) is 10.5 Å². The van der Waals surface area contributed by atoms with Gasteiger partial charge >= 0.3 is 6.03 Å². The maximum Gasteiger partial charge on any atom is 0.328 e. The number of nitrogens with one attached hydrogen (secondary N) is 2. The molecule has 0 spiro atoms. The molecule has 4 rings (SSSR count). The minimum atomic E-state index is -4.00. The molecule has 0 saturated carbocycles. The number of rotatable bonds is 8. The predicted octanol–water partition coefficient (Wildman–Crippen LogP) is 6.10. The van der Waals surface area contributed by atoms with E-state index < -0.39 is 16.1 Å². The van der Waals surface area contributed by atoms with E-state index in [4.69, 9.17) is 16.7 Å². The van der Waals surface area contributed by atoms with Crippen molar-refractivity contribution in [1.82, 2.24) is 10.0 Å². The maximum absolute atomic E-state index is 12.7. The number of halogens is 1. The van der Waals surface area contributed by atoms with Gasteiger partial charge in [0, 0.05) is 23.6 Å². The number of urea groups is 1. The Bertz CT molecular complexity index is 1400. The SMILES string of the molecule is CCCCNC(=O)NS(=O)(=O)c1ccc(N2N=C(c3ccc(C)cc3C)CC2c2ccc(Cl)cc2)cc1. The first kappa shape index (κ1) is 26.7. The van der Waals surface area contributed by atoms with Crippen LogP contribution in [0.3, 0.4) is 0 Å². The Balaban J connectivity index is 1.62. The van der Waals surface area contributed by atoms with Gasteiger partial charge in [0.2, 0.25) is 0 Å². The van der Waals surface area contributed by atoms with E-state index in [0.29, 0.717) is 18.0 Å². The molecule has 194 valence electrons. The number of unbranched alkanes of at least 4 members (excludes halogenated alkanes) is 1. The van der Waals surface area contributed by atoms with Crippen LogP contribution in [0.5, 0.6) is 0 Å². The Kier molecular flexibility index (Phi) is 8.19. The Morgan fingerprint density at radius 3 is 2.41 bits per heavy atom. The number of hydrogen-bond acceptors (Lipinski definition) is 5. The van der Waals surface area contributed by atoms with Gasteiger partial charge in [0.1, 0.15) is 0 Å². The molecule has 37 heavy (non-hydrogen) atoms. The van der Waals surface area contributed by atoms with Gasteiger partial charge in [-0.2, -0.15) is 5.10 Å². The Labute approximate surface area is 223 Å². The van der Waals surface area contributed by atoms with Crippen molar-refractivity contribution in [2.24, 2.45) is 5.10 Å².